The maximum atomic E-state index is 9.78. The van der Waals surface area contributed by atoms with Crippen molar-refractivity contribution in [2.24, 2.45) is 5.92 Å². The molecular formula is C13H25N3O. The lowest BCUT2D eigenvalue weighted by Crippen LogP contribution is -2.29. The monoisotopic (exact) mass is 239 g/mol. The molecule has 98 valence electrons. The van der Waals surface area contributed by atoms with Gasteiger partial charge in [0.05, 0.1) is 12.3 Å². The van der Waals surface area contributed by atoms with Gasteiger partial charge in [-0.15, -0.1) is 0 Å². The van der Waals surface area contributed by atoms with E-state index in [2.05, 4.69) is 38.1 Å². The van der Waals surface area contributed by atoms with Crippen LogP contribution in [-0.4, -0.2) is 27.5 Å². The van der Waals surface area contributed by atoms with E-state index >= 15 is 0 Å². The van der Waals surface area contributed by atoms with Crippen LogP contribution < -0.4 is 5.32 Å². The van der Waals surface area contributed by atoms with Crippen molar-refractivity contribution >= 4 is 0 Å². The number of aliphatic hydroxyl groups is 1. The molecule has 0 saturated heterocycles. The zero-order valence-corrected chi connectivity index (χ0v) is 11.3. The van der Waals surface area contributed by atoms with Crippen molar-refractivity contribution < 1.29 is 5.11 Å². The van der Waals surface area contributed by atoms with E-state index < -0.39 is 0 Å². The third-order valence-electron chi connectivity index (χ3n) is 2.88. The van der Waals surface area contributed by atoms with Gasteiger partial charge in [-0.05, 0) is 26.2 Å². The third kappa shape index (κ3) is 4.88. The van der Waals surface area contributed by atoms with Gasteiger partial charge in [-0.25, -0.2) is 0 Å². The van der Waals surface area contributed by atoms with Crippen molar-refractivity contribution in [3.05, 3.63) is 18.0 Å². The fourth-order valence-corrected chi connectivity index (χ4v) is 1.83. The van der Waals surface area contributed by atoms with Crippen molar-refractivity contribution in [2.75, 3.05) is 6.54 Å². The van der Waals surface area contributed by atoms with Gasteiger partial charge in [0.15, 0.2) is 0 Å². The highest BCUT2D eigenvalue weighted by atomic mass is 16.3. The van der Waals surface area contributed by atoms with E-state index in [1.807, 2.05) is 17.1 Å². The molecule has 0 radical (unpaired) electrons. The summed E-state index contributed by atoms with van der Waals surface area (Å²) in [5.74, 6) is 0.532. The molecule has 1 rings (SSSR count). The van der Waals surface area contributed by atoms with Crippen molar-refractivity contribution in [1.29, 1.82) is 0 Å². The summed E-state index contributed by atoms with van der Waals surface area (Å²) in [5, 5.41) is 17.4. The molecule has 2 unspecified atom stereocenters. The van der Waals surface area contributed by atoms with Gasteiger partial charge >= 0.3 is 0 Å². The summed E-state index contributed by atoms with van der Waals surface area (Å²) >= 11 is 0. The van der Waals surface area contributed by atoms with Gasteiger partial charge in [0, 0.05) is 30.9 Å². The highest BCUT2D eigenvalue weighted by Gasteiger charge is 2.11. The molecule has 0 aromatic carbocycles. The molecule has 2 N–H and O–H groups in total. The number of aryl methyl sites for hydroxylation is 1. The number of aromatic nitrogens is 2. The Balaban J connectivity index is 2.36. The predicted molar refractivity (Wildman–Crippen MR) is 69.8 cm³/mol. The fourth-order valence-electron chi connectivity index (χ4n) is 1.83. The standard InChI is InChI=1S/C13H25N3O/c1-5-16-9-12(7-15-16)11(4)14-8-13(17)6-10(2)3/h7,9-11,13-14,17H,5-6,8H2,1-4H3. The van der Waals surface area contributed by atoms with Gasteiger partial charge in [-0.3, -0.25) is 4.68 Å². The van der Waals surface area contributed by atoms with E-state index in [0.717, 1.165) is 13.0 Å². The molecule has 1 aromatic heterocycles. The summed E-state index contributed by atoms with van der Waals surface area (Å²) in [6.45, 7) is 9.94. The number of rotatable bonds is 7. The first-order chi connectivity index (χ1) is 8.02. The average Bonchev–Trinajstić information content (AvgIpc) is 2.73. The molecule has 1 aromatic rings. The van der Waals surface area contributed by atoms with E-state index in [1.54, 1.807) is 0 Å². The molecule has 4 nitrogen and oxygen atoms in total. The third-order valence-corrected chi connectivity index (χ3v) is 2.88. The van der Waals surface area contributed by atoms with Crippen LogP contribution in [0.4, 0.5) is 0 Å². The molecule has 0 spiro atoms. The quantitative estimate of drug-likeness (QED) is 0.764. The van der Waals surface area contributed by atoms with Crippen molar-refractivity contribution in [1.82, 2.24) is 15.1 Å². The lowest BCUT2D eigenvalue weighted by molar-refractivity contribution is 0.143. The van der Waals surface area contributed by atoms with E-state index in [4.69, 9.17) is 0 Å². The Morgan fingerprint density at radius 2 is 2.12 bits per heavy atom. The Hall–Kier alpha value is -0.870. The lowest BCUT2D eigenvalue weighted by atomic mass is 10.1. The summed E-state index contributed by atoms with van der Waals surface area (Å²) in [7, 11) is 0. The van der Waals surface area contributed by atoms with Gasteiger partial charge in [0.1, 0.15) is 0 Å². The average molecular weight is 239 g/mol. The van der Waals surface area contributed by atoms with Gasteiger partial charge in [0.25, 0.3) is 0 Å². The predicted octanol–water partition coefficient (Wildman–Crippen LogP) is 1.96. The molecule has 0 aliphatic heterocycles. The summed E-state index contributed by atoms with van der Waals surface area (Å²) in [6, 6.07) is 0.233. The van der Waals surface area contributed by atoms with Crippen molar-refractivity contribution in [3.63, 3.8) is 0 Å². The SMILES string of the molecule is CCn1cc(C(C)NCC(O)CC(C)C)cn1. The van der Waals surface area contributed by atoms with Gasteiger partial charge in [0.2, 0.25) is 0 Å². The van der Waals surface area contributed by atoms with E-state index in [1.165, 1.54) is 5.56 Å². The molecule has 0 aliphatic rings. The number of nitrogens with one attached hydrogen (secondary N) is 1. The van der Waals surface area contributed by atoms with Crippen LogP contribution >= 0.6 is 0 Å². The van der Waals surface area contributed by atoms with Gasteiger partial charge < -0.3 is 10.4 Å². The lowest BCUT2D eigenvalue weighted by Gasteiger charge is -2.17. The number of hydrogen-bond acceptors (Lipinski definition) is 3. The zero-order chi connectivity index (χ0) is 12.8. The van der Waals surface area contributed by atoms with Crippen LogP contribution in [0.5, 0.6) is 0 Å². The fraction of sp³-hybridized carbons (Fsp3) is 0.769. The molecule has 17 heavy (non-hydrogen) atoms. The van der Waals surface area contributed by atoms with Crippen LogP contribution in [0, 0.1) is 5.92 Å². The van der Waals surface area contributed by atoms with Crippen molar-refractivity contribution in [2.45, 2.75) is 52.8 Å². The number of aliphatic hydroxyl groups excluding tert-OH is 1. The molecular weight excluding hydrogens is 214 g/mol. The van der Waals surface area contributed by atoms with E-state index in [0.29, 0.717) is 12.5 Å². The Morgan fingerprint density at radius 1 is 1.41 bits per heavy atom. The largest absolute Gasteiger partial charge is 0.392 e. The summed E-state index contributed by atoms with van der Waals surface area (Å²) in [5.41, 5.74) is 1.17. The molecule has 0 amide bonds. The van der Waals surface area contributed by atoms with Crippen LogP contribution in [-0.2, 0) is 6.54 Å². The topological polar surface area (TPSA) is 50.1 Å². The molecule has 2 atom stereocenters. The second-order valence-electron chi connectivity index (χ2n) is 5.04. The second kappa shape index (κ2) is 6.77. The smallest absolute Gasteiger partial charge is 0.0667 e. The van der Waals surface area contributed by atoms with Crippen LogP contribution in [0.1, 0.15) is 45.7 Å². The molecule has 4 heteroatoms. The maximum Gasteiger partial charge on any atom is 0.0667 e. The maximum absolute atomic E-state index is 9.78. The minimum absolute atomic E-state index is 0.233. The Kier molecular flexibility index (Phi) is 5.65. The summed E-state index contributed by atoms with van der Waals surface area (Å²) in [4.78, 5) is 0. The molecule has 0 saturated carbocycles. The minimum atomic E-state index is -0.265. The molecule has 1 heterocycles. The number of hydrogen-bond donors (Lipinski definition) is 2. The van der Waals surface area contributed by atoms with Crippen LogP contribution in [0.2, 0.25) is 0 Å². The minimum Gasteiger partial charge on any atom is -0.392 e. The summed E-state index contributed by atoms with van der Waals surface area (Å²) < 4.78 is 1.91. The Bertz CT molecular complexity index is 322. The van der Waals surface area contributed by atoms with Crippen molar-refractivity contribution in [3.8, 4) is 0 Å². The van der Waals surface area contributed by atoms with E-state index in [9.17, 15) is 5.11 Å². The molecule has 0 fully saturated rings. The Morgan fingerprint density at radius 3 is 2.65 bits per heavy atom. The number of nitrogens with zero attached hydrogens (tertiary/aromatic N) is 2. The van der Waals surface area contributed by atoms with E-state index in [-0.39, 0.29) is 12.1 Å². The van der Waals surface area contributed by atoms with Crippen LogP contribution in [0.25, 0.3) is 0 Å². The molecule has 0 aliphatic carbocycles. The van der Waals surface area contributed by atoms with Gasteiger partial charge in [-0.1, -0.05) is 13.8 Å². The normalized spacial score (nSPS) is 15.2. The summed E-state index contributed by atoms with van der Waals surface area (Å²) in [6.07, 6.45) is 4.51. The first kappa shape index (κ1) is 14.2. The highest BCUT2D eigenvalue weighted by molar-refractivity contribution is 5.09. The first-order valence-corrected chi connectivity index (χ1v) is 6.46. The second-order valence-corrected chi connectivity index (χ2v) is 5.04. The zero-order valence-electron chi connectivity index (χ0n) is 11.3. The molecule has 0 bridgehead atoms. The van der Waals surface area contributed by atoms with Crippen LogP contribution in [0.15, 0.2) is 12.4 Å². The first-order valence-electron chi connectivity index (χ1n) is 6.46. The van der Waals surface area contributed by atoms with Crippen LogP contribution in [0.3, 0.4) is 0 Å². The van der Waals surface area contributed by atoms with Gasteiger partial charge in [-0.2, -0.15) is 5.10 Å². The highest BCUT2D eigenvalue weighted by Crippen LogP contribution is 2.11. The Labute approximate surface area is 104 Å².